The second-order valence-corrected chi connectivity index (χ2v) is 1.67. The Kier molecular flexibility index (Phi) is 10.3. The summed E-state index contributed by atoms with van der Waals surface area (Å²) in [5.74, 6) is -0.833. The van der Waals surface area contributed by atoms with Crippen molar-refractivity contribution in [2.24, 2.45) is 0 Å². The predicted octanol–water partition coefficient (Wildman–Crippen LogP) is 2.20. The summed E-state index contributed by atoms with van der Waals surface area (Å²) in [5.41, 5.74) is 0. The van der Waals surface area contributed by atoms with Gasteiger partial charge in [0.15, 0.2) is 0 Å². The first kappa shape index (κ1) is 12.6. The Morgan fingerprint density at radius 2 is 1.09 bits per heavy atom. The lowest BCUT2D eigenvalue weighted by Crippen LogP contribution is -1.78. The monoisotopic (exact) mass is 174 g/mol. The van der Waals surface area contributed by atoms with E-state index in [1.54, 1.807) is 0 Å². The molecule has 1 N–H and O–H groups in total. The molecule has 0 bridgehead atoms. The van der Waals surface area contributed by atoms with Gasteiger partial charge >= 0.3 is 0 Å². The molecular formula is C8H11ClO2. The molecule has 1 rings (SSSR count). The van der Waals surface area contributed by atoms with Crippen molar-refractivity contribution in [1.29, 1.82) is 0 Å². The summed E-state index contributed by atoms with van der Waals surface area (Å²) in [6.45, 7) is 1.08. The Hall–Kier alpha value is -1.02. The summed E-state index contributed by atoms with van der Waals surface area (Å²) in [4.78, 5) is 9.00. The lowest BCUT2D eigenvalue weighted by atomic mass is 10.4. The second-order valence-electron chi connectivity index (χ2n) is 1.67. The molecule has 0 unspecified atom stereocenters. The summed E-state index contributed by atoms with van der Waals surface area (Å²) in [6, 6.07) is 12.0. The molecule has 0 aliphatic carbocycles. The summed E-state index contributed by atoms with van der Waals surface area (Å²) >= 11 is 0. The third kappa shape index (κ3) is 17.6. The van der Waals surface area contributed by atoms with Gasteiger partial charge in [-0.1, -0.05) is 36.4 Å². The molecule has 62 valence electrons. The van der Waals surface area contributed by atoms with E-state index in [9.17, 15) is 0 Å². The van der Waals surface area contributed by atoms with Gasteiger partial charge < -0.3 is 5.11 Å². The Morgan fingerprint density at radius 1 is 1.00 bits per heavy atom. The predicted molar refractivity (Wildman–Crippen MR) is 47.0 cm³/mol. The van der Waals surface area contributed by atoms with Crippen LogP contribution in [0.3, 0.4) is 0 Å². The molecule has 1 aromatic rings. The fourth-order valence-electron chi connectivity index (χ4n) is 0.385. The van der Waals surface area contributed by atoms with Crippen LogP contribution in [0, 0.1) is 0 Å². The number of carbonyl (C=O) groups is 1. The zero-order valence-electron chi connectivity index (χ0n) is 6.23. The molecule has 0 aliphatic heterocycles. The molecule has 2 nitrogen and oxygen atoms in total. The minimum Gasteiger partial charge on any atom is -0.481 e. The lowest BCUT2D eigenvalue weighted by Gasteiger charge is -1.69. The molecule has 0 amide bonds. The number of halogens is 1. The highest BCUT2D eigenvalue weighted by Crippen LogP contribution is 1.79. The van der Waals surface area contributed by atoms with Crippen LogP contribution in [0.15, 0.2) is 36.4 Å². The number of benzene rings is 1. The van der Waals surface area contributed by atoms with Crippen LogP contribution in [-0.4, -0.2) is 11.1 Å². The van der Waals surface area contributed by atoms with Gasteiger partial charge in [0.1, 0.15) is 0 Å². The second kappa shape index (κ2) is 8.98. The zero-order valence-corrected chi connectivity index (χ0v) is 7.04. The van der Waals surface area contributed by atoms with Crippen molar-refractivity contribution >= 4 is 18.4 Å². The molecule has 0 aromatic heterocycles. The Balaban J connectivity index is 0. The van der Waals surface area contributed by atoms with E-state index in [0.717, 1.165) is 6.92 Å². The molecule has 3 heteroatoms. The van der Waals surface area contributed by atoms with Gasteiger partial charge in [-0.3, -0.25) is 4.79 Å². The average molecular weight is 175 g/mol. The van der Waals surface area contributed by atoms with Crippen LogP contribution in [0.25, 0.3) is 0 Å². The minimum absolute atomic E-state index is 0. The highest BCUT2D eigenvalue weighted by Gasteiger charge is 1.65. The summed E-state index contributed by atoms with van der Waals surface area (Å²) in [5, 5.41) is 7.42. The van der Waals surface area contributed by atoms with Gasteiger partial charge in [-0.05, 0) is 0 Å². The van der Waals surface area contributed by atoms with E-state index in [4.69, 9.17) is 9.90 Å². The number of carboxylic acid groups (broad SMARTS) is 1. The molecule has 1 aromatic carbocycles. The lowest BCUT2D eigenvalue weighted by molar-refractivity contribution is -0.134. The van der Waals surface area contributed by atoms with Crippen molar-refractivity contribution in [3.05, 3.63) is 36.4 Å². The Morgan fingerprint density at radius 3 is 1.18 bits per heavy atom. The normalized spacial score (nSPS) is 6.64. The van der Waals surface area contributed by atoms with Crippen LogP contribution >= 0.6 is 12.4 Å². The standard InChI is InChI=1S/C6H6.C2H4O2.ClH/c1-2-4-6-5-3-1;1-2(3)4;/h1-6H;1H3,(H,3,4);1H. The van der Waals surface area contributed by atoms with Crippen LogP contribution in [0.2, 0.25) is 0 Å². The van der Waals surface area contributed by atoms with E-state index in [1.807, 2.05) is 36.4 Å². The van der Waals surface area contributed by atoms with E-state index in [0.29, 0.717) is 0 Å². The Labute approximate surface area is 72.3 Å². The topological polar surface area (TPSA) is 37.3 Å². The third-order valence-electron chi connectivity index (χ3n) is 0.667. The van der Waals surface area contributed by atoms with Gasteiger partial charge in [-0.2, -0.15) is 0 Å². The first-order valence-corrected chi connectivity index (χ1v) is 2.93. The van der Waals surface area contributed by atoms with Crippen LogP contribution in [-0.2, 0) is 4.79 Å². The summed E-state index contributed by atoms with van der Waals surface area (Å²) < 4.78 is 0. The van der Waals surface area contributed by atoms with E-state index in [-0.39, 0.29) is 12.4 Å². The number of hydrogen-bond acceptors (Lipinski definition) is 1. The van der Waals surface area contributed by atoms with Crippen LogP contribution in [0.4, 0.5) is 0 Å². The first-order chi connectivity index (χ1) is 4.73. The van der Waals surface area contributed by atoms with Crippen molar-refractivity contribution in [1.82, 2.24) is 0 Å². The molecule has 0 spiro atoms. The number of rotatable bonds is 0. The van der Waals surface area contributed by atoms with Crippen LogP contribution in [0.5, 0.6) is 0 Å². The van der Waals surface area contributed by atoms with E-state index in [2.05, 4.69) is 0 Å². The largest absolute Gasteiger partial charge is 0.481 e. The fourth-order valence-corrected chi connectivity index (χ4v) is 0.385. The van der Waals surface area contributed by atoms with Gasteiger partial charge in [0.2, 0.25) is 0 Å². The van der Waals surface area contributed by atoms with Crippen molar-refractivity contribution in [2.45, 2.75) is 6.92 Å². The molecule has 0 saturated heterocycles. The zero-order chi connectivity index (χ0) is 7.82. The number of aliphatic carboxylic acids is 1. The number of hydrogen-bond donors (Lipinski definition) is 1. The van der Waals surface area contributed by atoms with Crippen molar-refractivity contribution < 1.29 is 9.90 Å². The van der Waals surface area contributed by atoms with E-state index >= 15 is 0 Å². The van der Waals surface area contributed by atoms with Gasteiger partial charge in [0, 0.05) is 6.92 Å². The maximum absolute atomic E-state index is 9.00. The first-order valence-electron chi connectivity index (χ1n) is 2.93. The third-order valence-corrected chi connectivity index (χ3v) is 0.667. The SMILES string of the molecule is CC(=O)O.Cl.c1ccccc1. The smallest absolute Gasteiger partial charge is 0.300 e. The maximum Gasteiger partial charge on any atom is 0.300 e. The quantitative estimate of drug-likeness (QED) is 0.655. The Bertz CT molecular complexity index is 144. The molecule has 0 aliphatic rings. The summed E-state index contributed by atoms with van der Waals surface area (Å²) in [6.07, 6.45) is 0. The van der Waals surface area contributed by atoms with Gasteiger partial charge in [0.05, 0.1) is 0 Å². The average Bonchev–Trinajstić information content (AvgIpc) is 1.90. The van der Waals surface area contributed by atoms with Crippen molar-refractivity contribution in [3.8, 4) is 0 Å². The van der Waals surface area contributed by atoms with Crippen molar-refractivity contribution in [3.63, 3.8) is 0 Å². The molecule has 11 heavy (non-hydrogen) atoms. The van der Waals surface area contributed by atoms with Gasteiger partial charge in [0.25, 0.3) is 5.97 Å². The van der Waals surface area contributed by atoms with E-state index < -0.39 is 5.97 Å². The number of carboxylic acids is 1. The van der Waals surface area contributed by atoms with Gasteiger partial charge in [-0.15, -0.1) is 12.4 Å². The highest BCUT2D eigenvalue weighted by molar-refractivity contribution is 5.85. The molecule has 0 saturated carbocycles. The molecule has 0 radical (unpaired) electrons. The minimum atomic E-state index is -0.833. The van der Waals surface area contributed by atoms with Crippen molar-refractivity contribution in [2.75, 3.05) is 0 Å². The maximum atomic E-state index is 9.00. The molecular weight excluding hydrogens is 164 g/mol. The van der Waals surface area contributed by atoms with Crippen LogP contribution < -0.4 is 0 Å². The van der Waals surface area contributed by atoms with E-state index in [1.165, 1.54) is 0 Å². The summed E-state index contributed by atoms with van der Waals surface area (Å²) in [7, 11) is 0. The fraction of sp³-hybridized carbons (Fsp3) is 0.125. The highest BCUT2D eigenvalue weighted by atomic mass is 35.5. The molecule has 0 fully saturated rings. The molecule has 0 atom stereocenters. The van der Waals surface area contributed by atoms with Crippen LogP contribution in [0.1, 0.15) is 6.92 Å². The molecule has 0 heterocycles. The van der Waals surface area contributed by atoms with Gasteiger partial charge in [-0.25, -0.2) is 0 Å².